The molecular weight excluding hydrogens is 212 g/mol. The minimum absolute atomic E-state index is 0.246. The molecule has 0 fully saturated rings. The second-order valence-corrected chi connectivity index (χ2v) is 4.63. The highest BCUT2D eigenvalue weighted by atomic mass is 15.3. The van der Waals surface area contributed by atoms with E-state index < -0.39 is 0 Å². The first-order valence-electron chi connectivity index (χ1n) is 6.71. The monoisotopic (exact) mass is 238 g/mol. The third-order valence-electron chi connectivity index (χ3n) is 3.20. The lowest BCUT2D eigenvalue weighted by Crippen LogP contribution is -2.28. The molecule has 98 valence electrons. The summed E-state index contributed by atoms with van der Waals surface area (Å²) < 4.78 is 1.88. The average molecular weight is 238 g/mol. The first kappa shape index (κ1) is 14.2. The molecule has 0 bridgehead atoms. The van der Waals surface area contributed by atoms with Crippen LogP contribution in [0.5, 0.6) is 0 Å². The second-order valence-electron chi connectivity index (χ2n) is 4.63. The van der Waals surface area contributed by atoms with Crippen LogP contribution in [0.15, 0.2) is 6.20 Å². The van der Waals surface area contributed by atoms with Crippen molar-refractivity contribution in [3.05, 3.63) is 17.5 Å². The summed E-state index contributed by atoms with van der Waals surface area (Å²) in [6.45, 7) is 4.37. The quantitative estimate of drug-likeness (QED) is 0.415. The van der Waals surface area contributed by atoms with Crippen molar-refractivity contribution < 1.29 is 0 Å². The van der Waals surface area contributed by atoms with Gasteiger partial charge in [0, 0.05) is 24.8 Å². The predicted molar refractivity (Wildman–Crippen MR) is 71.4 cm³/mol. The van der Waals surface area contributed by atoms with E-state index in [1.54, 1.807) is 0 Å². The Morgan fingerprint density at radius 3 is 2.71 bits per heavy atom. The zero-order valence-corrected chi connectivity index (χ0v) is 11.4. The SMILES string of the molecule is CCCCCCC(NN)c1cn(C)nc1CC. The fourth-order valence-electron chi connectivity index (χ4n) is 2.22. The Hall–Kier alpha value is -0.870. The van der Waals surface area contributed by atoms with Gasteiger partial charge < -0.3 is 0 Å². The van der Waals surface area contributed by atoms with Crippen LogP contribution < -0.4 is 11.3 Å². The molecule has 1 aromatic heterocycles. The van der Waals surface area contributed by atoms with Crippen molar-refractivity contribution in [2.24, 2.45) is 12.9 Å². The summed E-state index contributed by atoms with van der Waals surface area (Å²) in [4.78, 5) is 0. The van der Waals surface area contributed by atoms with Crippen molar-refractivity contribution >= 4 is 0 Å². The van der Waals surface area contributed by atoms with Gasteiger partial charge in [-0.1, -0.05) is 39.5 Å². The van der Waals surface area contributed by atoms with Crippen LogP contribution in [0.25, 0.3) is 0 Å². The van der Waals surface area contributed by atoms with Crippen LogP contribution in [0.1, 0.15) is 63.3 Å². The highest BCUT2D eigenvalue weighted by molar-refractivity contribution is 5.21. The normalized spacial score (nSPS) is 12.9. The van der Waals surface area contributed by atoms with Gasteiger partial charge in [-0.3, -0.25) is 16.0 Å². The lowest BCUT2D eigenvalue weighted by atomic mass is 10.0. The van der Waals surface area contributed by atoms with Gasteiger partial charge in [0.2, 0.25) is 0 Å². The molecule has 1 atom stereocenters. The van der Waals surface area contributed by atoms with E-state index >= 15 is 0 Å². The number of hydrogen-bond acceptors (Lipinski definition) is 3. The fraction of sp³-hybridized carbons (Fsp3) is 0.769. The van der Waals surface area contributed by atoms with E-state index in [1.165, 1.54) is 31.2 Å². The molecule has 3 N–H and O–H groups in total. The molecule has 1 unspecified atom stereocenters. The maximum absolute atomic E-state index is 5.67. The highest BCUT2D eigenvalue weighted by Crippen LogP contribution is 2.22. The van der Waals surface area contributed by atoms with Gasteiger partial charge in [-0.2, -0.15) is 5.10 Å². The third kappa shape index (κ3) is 4.13. The first-order chi connectivity index (χ1) is 8.22. The molecule has 0 aromatic carbocycles. The van der Waals surface area contributed by atoms with Crippen LogP contribution in [0.2, 0.25) is 0 Å². The van der Waals surface area contributed by atoms with Crippen molar-refractivity contribution in [3.8, 4) is 0 Å². The van der Waals surface area contributed by atoms with Crippen LogP contribution in [-0.2, 0) is 13.5 Å². The van der Waals surface area contributed by atoms with E-state index in [2.05, 4.69) is 30.6 Å². The van der Waals surface area contributed by atoms with Gasteiger partial charge in [0.25, 0.3) is 0 Å². The molecule has 0 spiro atoms. The molecule has 0 radical (unpaired) electrons. The molecule has 0 saturated heterocycles. The minimum Gasteiger partial charge on any atom is -0.275 e. The Morgan fingerprint density at radius 1 is 1.35 bits per heavy atom. The largest absolute Gasteiger partial charge is 0.275 e. The van der Waals surface area contributed by atoms with E-state index in [-0.39, 0.29) is 6.04 Å². The maximum Gasteiger partial charge on any atom is 0.0670 e. The topological polar surface area (TPSA) is 55.9 Å². The molecule has 0 saturated carbocycles. The standard InChI is InChI=1S/C13H26N4/c1-4-6-7-8-9-13(15-14)11-10-17(3)16-12(11)5-2/h10,13,15H,4-9,14H2,1-3H3. The third-order valence-corrected chi connectivity index (χ3v) is 3.20. The van der Waals surface area contributed by atoms with E-state index in [9.17, 15) is 0 Å². The van der Waals surface area contributed by atoms with Gasteiger partial charge in [-0.15, -0.1) is 0 Å². The summed E-state index contributed by atoms with van der Waals surface area (Å²) in [5.41, 5.74) is 5.35. The molecule has 4 heteroatoms. The summed E-state index contributed by atoms with van der Waals surface area (Å²) in [6.07, 6.45) is 9.23. The number of nitrogens with one attached hydrogen (secondary N) is 1. The summed E-state index contributed by atoms with van der Waals surface area (Å²) >= 11 is 0. The van der Waals surface area contributed by atoms with Crippen molar-refractivity contribution in [2.45, 2.75) is 58.4 Å². The summed E-state index contributed by atoms with van der Waals surface area (Å²) in [6, 6.07) is 0.246. The molecule has 1 rings (SSSR count). The van der Waals surface area contributed by atoms with Gasteiger partial charge in [0.15, 0.2) is 0 Å². The Morgan fingerprint density at radius 2 is 2.12 bits per heavy atom. The summed E-state index contributed by atoms with van der Waals surface area (Å²) in [5.74, 6) is 5.67. The molecule has 0 aliphatic carbocycles. The molecule has 4 nitrogen and oxygen atoms in total. The maximum atomic E-state index is 5.67. The van der Waals surface area contributed by atoms with Gasteiger partial charge in [0.05, 0.1) is 5.69 Å². The molecule has 1 aromatic rings. The number of nitrogens with zero attached hydrogens (tertiary/aromatic N) is 2. The van der Waals surface area contributed by atoms with Gasteiger partial charge >= 0.3 is 0 Å². The Labute approximate surface area is 105 Å². The van der Waals surface area contributed by atoms with E-state index in [0.717, 1.165) is 18.5 Å². The van der Waals surface area contributed by atoms with E-state index in [4.69, 9.17) is 5.84 Å². The molecule has 0 aliphatic rings. The number of hydrazine groups is 1. The Bertz CT molecular complexity index is 319. The lowest BCUT2D eigenvalue weighted by Gasteiger charge is -2.15. The number of rotatable bonds is 8. The average Bonchev–Trinajstić information content (AvgIpc) is 2.70. The van der Waals surface area contributed by atoms with Crippen molar-refractivity contribution in [2.75, 3.05) is 0 Å². The number of unbranched alkanes of at least 4 members (excludes halogenated alkanes) is 3. The zero-order chi connectivity index (χ0) is 12.7. The minimum atomic E-state index is 0.246. The Balaban J connectivity index is 2.59. The van der Waals surface area contributed by atoms with E-state index in [0.29, 0.717) is 0 Å². The molecule has 17 heavy (non-hydrogen) atoms. The fourth-order valence-corrected chi connectivity index (χ4v) is 2.22. The smallest absolute Gasteiger partial charge is 0.0670 e. The van der Waals surface area contributed by atoms with Gasteiger partial charge in [-0.05, 0) is 12.8 Å². The number of aryl methyl sites for hydroxylation is 2. The van der Waals surface area contributed by atoms with Crippen molar-refractivity contribution in [1.29, 1.82) is 0 Å². The molecule has 0 aliphatic heterocycles. The molecular formula is C13H26N4. The van der Waals surface area contributed by atoms with E-state index in [1.807, 2.05) is 11.7 Å². The number of nitrogens with two attached hydrogens (primary N) is 1. The van der Waals surface area contributed by atoms with Crippen LogP contribution in [0.4, 0.5) is 0 Å². The lowest BCUT2D eigenvalue weighted by molar-refractivity contribution is 0.479. The van der Waals surface area contributed by atoms with Crippen LogP contribution in [-0.4, -0.2) is 9.78 Å². The van der Waals surface area contributed by atoms with Gasteiger partial charge in [-0.25, -0.2) is 0 Å². The van der Waals surface area contributed by atoms with Crippen molar-refractivity contribution in [1.82, 2.24) is 15.2 Å². The number of hydrogen-bond donors (Lipinski definition) is 2. The zero-order valence-electron chi connectivity index (χ0n) is 11.4. The number of aromatic nitrogens is 2. The van der Waals surface area contributed by atoms with Crippen LogP contribution in [0.3, 0.4) is 0 Å². The highest BCUT2D eigenvalue weighted by Gasteiger charge is 2.15. The predicted octanol–water partition coefficient (Wildman–Crippen LogP) is 2.46. The summed E-state index contributed by atoms with van der Waals surface area (Å²) in [5, 5.41) is 4.46. The molecule has 0 amide bonds. The second kappa shape index (κ2) is 7.45. The molecule has 1 heterocycles. The summed E-state index contributed by atoms with van der Waals surface area (Å²) in [7, 11) is 1.97. The Kier molecular flexibility index (Phi) is 6.22. The first-order valence-corrected chi connectivity index (χ1v) is 6.71. The van der Waals surface area contributed by atoms with Gasteiger partial charge in [0.1, 0.15) is 0 Å². The van der Waals surface area contributed by atoms with Crippen LogP contribution >= 0.6 is 0 Å². The van der Waals surface area contributed by atoms with Crippen molar-refractivity contribution in [3.63, 3.8) is 0 Å². The van der Waals surface area contributed by atoms with Crippen LogP contribution in [0, 0.1) is 0 Å².